The molecule has 2 aromatic rings. The monoisotopic (exact) mass is 403 g/mol. The van der Waals surface area contributed by atoms with Gasteiger partial charge in [-0.3, -0.25) is 9.59 Å². The Morgan fingerprint density at radius 2 is 2.00 bits per heavy atom. The van der Waals surface area contributed by atoms with E-state index in [0.29, 0.717) is 17.8 Å². The number of benzene rings is 1. The fourth-order valence-electron chi connectivity index (χ4n) is 3.15. The lowest BCUT2D eigenvalue weighted by molar-refractivity contribution is -0.129. The molecule has 29 heavy (non-hydrogen) atoms. The number of carbonyl (C=O) groups excluding carboxylic acids is 2. The van der Waals surface area contributed by atoms with Crippen LogP contribution in [-0.2, 0) is 22.6 Å². The number of nitrogens with one attached hydrogen (secondary N) is 3. The maximum absolute atomic E-state index is 13.6. The summed E-state index contributed by atoms with van der Waals surface area (Å²) in [5.74, 6) is -2.33. The van der Waals surface area contributed by atoms with Crippen LogP contribution in [0.15, 0.2) is 36.5 Å². The third-order valence-corrected chi connectivity index (χ3v) is 4.75. The lowest BCUT2D eigenvalue weighted by atomic mass is 10.0. The molecule has 1 saturated heterocycles. The third-order valence-electron chi connectivity index (χ3n) is 4.75. The molecule has 3 rings (SSSR count). The summed E-state index contributed by atoms with van der Waals surface area (Å²) in [6.07, 6.45) is 3.13. The van der Waals surface area contributed by atoms with E-state index >= 15 is 0 Å². The smallest absolute Gasteiger partial charge is 0.243 e. The molecule has 9 heteroatoms. The van der Waals surface area contributed by atoms with Gasteiger partial charge in [0.05, 0.1) is 6.04 Å². The predicted molar refractivity (Wildman–Crippen MR) is 104 cm³/mol. The van der Waals surface area contributed by atoms with Crippen molar-refractivity contribution in [1.82, 2.24) is 20.9 Å². The number of rotatable bonds is 7. The minimum atomic E-state index is -1.00. The average molecular weight is 403 g/mol. The number of amides is 2. The van der Waals surface area contributed by atoms with E-state index < -0.39 is 23.6 Å². The van der Waals surface area contributed by atoms with Crippen molar-refractivity contribution < 1.29 is 18.4 Å². The van der Waals surface area contributed by atoms with Gasteiger partial charge in [0.15, 0.2) is 11.6 Å². The number of aromatic nitrogens is 1. The van der Waals surface area contributed by atoms with Crippen molar-refractivity contribution in [3.8, 4) is 0 Å². The van der Waals surface area contributed by atoms with Gasteiger partial charge in [0.2, 0.25) is 11.8 Å². The van der Waals surface area contributed by atoms with Crippen LogP contribution in [0.2, 0.25) is 0 Å². The first-order valence-corrected chi connectivity index (χ1v) is 9.38. The molecule has 5 N–H and O–H groups in total. The molecule has 1 aromatic heterocycles. The molecule has 7 nitrogen and oxygen atoms in total. The van der Waals surface area contributed by atoms with Crippen LogP contribution >= 0.6 is 0 Å². The molecule has 154 valence electrons. The summed E-state index contributed by atoms with van der Waals surface area (Å²) in [4.78, 5) is 29.2. The van der Waals surface area contributed by atoms with Crippen molar-refractivity contribution in [1.29, 1.82) is 0 Å². The van der Waals surface area contributed by atoms with Gasteiger partial charge in [0.1, 0.15) is 11.9 Å². The normalized spacial score (nSPS) is 17.0. The van der Waals surface area contributed by atoms with Crippen LogP contribution in [0.3, 0.4) is 0 Å². The Bertz CT molecular complexity index is 870. The molecule has 0 saturated carbocycles. The van der Waals surface area contributed by atoms with Gasteiger partial charge in [-0.25, -0.2) is 13.8 Å². The van der Waals surface area contributed by atoms with E-state index in [1.165, 1.54) is 6.07 Å². The Kier molecular flexibility index (Phi) is 6.71. The molecule has 0 spiro atoms. The fourth-order valence-corrected chi connectivity index (χ4v) is 3.15. The molecule has 1 aliphatic rings. The first-order chi connectivity index (χ1) is 13.9. The van der Waals surface area contributed by atoms with Crippen LogP contribution in [0.4, 0.5) is 14.6 Å². The standard InChI is InChI=1S/C20H23F2N5O2/c21-14-5-3-12(8-15(14)22)9-17(27-20(29)16-2-1-7-24-16)19(28)26-11-13-4-6-18(23)25-10-13/h3-6,8,10,16-17,24H,1-2,7,9,11H2,(H2,23,25)(H,26,28)(H,27,29)/t16-,17+/m1/s1. The summed E-state index contributed by atoms with van der Waals surface area (Å²) in [6.45, 7) is 0.931. The number of pyridine rings is 1. The highest BCUT2D eigenvalue weighted by Gasteiger charge is 2.27. The van der Waals surface area contributed by atoms with Crippen LogP contribution in [0.5, 0.6) is 0 Å². The summed E-state index contributed by atoms with van der Waals surface area (Å²) in [5, 5.41) is 8.53. The number of nitrogens with two attached hydrogens (primary N) is 1. The lowest BCUT2D eigenvalue weighted by Crippen LogP contribution is -2.52. The van der Waals surface area contributed by atoms with Crippen molar-refractivity contribution in [2.75, 3.05) is 12.3 Å². The van der Waals surface area contributed by atoms with Gasteiger partial charge in [0.25, 0.3) is 0 Å². The number of halogens is 2. The van der Waals surface area contributed by atoms with E-state index in [2.05, 4.69) is 20.9 Å². The molecule has 0 bridgehead atoms. The highest BCUT2D eigenvalue weighted by Crippen LogP contribution is 2.12. The molecule has 1 fully saturated rings. The first-order valence-electron chi connectivity index (χ1n) is 9.38. The van der Waals surface area contributed by atoms with Gasteiger partial charge in [-0.1, -0.05) is 12.1 Å². The minimum absolute atomic E-state index is 0.0292. The molecule has 1 aliphatic heterocycles. The predicted octanol–water partition coefficient (Wildman–Crippen LogP) is 1.04. The van der Waals surface area contributed by atoms with Crippen LogP contribution < -0.4 is 21.7 Å². The summed E-state index contributed by atoms with van der Waals surface area (Å²) < 4.78 is 26.7. The zero-order valence-corrected chi connectivity index (χ0v) is 15.8. The van der Waals surface area contributed by atoms with Crippen molar-refractivity contribution in [2.45, 2.75) is 37.9 Å². The van der Waals surface area contributed by atoms with Gasteiger partial charge in [-0.05, 0) is 48.7 Å². The third kappa shape index (κ3) is 5.71. The summed E-state index contributed by atoms with van der Waals surface area (Å²) in [7, 11) is 0. The maximum atomic E-state index is 13.6. The lowest BCUT2D eigenvalue weighted by Gasteiger charge is -2.21. The Morgan fingerprint density at radius 1 is 1.21 bits per heavy atom. The van der Waals surface area contributed by atoms with Gasteiger partial charge >= 0.3 is 0 Å². The quantitative estimate of drug-likeness (QED) is 0.552. The molecule has 2 amide bonds. The fraction of sp³-hybridized carbons (Fsp3) is 0.350. The van der Waals surface area contributed by atoms with Gasteiger partial charge in [-0.2, -0.15) is 0 Å². The number of anilines is 1. The van der Waals surface area contributed by atoms with Crippen molar-refractivity contribution in [2.24, 2.45) is 0 Å². The SMILES string of the molecule is Nc1ccc(CNC(=O)[C@H](Cc2ccc(F)c(F)c2)NC(=O)[C@H]2CCCN2)cn1. The number of hydrogen-bond acceptors (Lipinski definition) is 5. The Hall–Kier alpha value is -3.07. The number of hydrogen-bond donors (Lipinski definition) is 4. The zero-order valence-electron chi connectivity index (χ0n) is 15.8. The van der Waals surface area contributed by atoms with Crippen molar-refractivity contribution >= 4 is 17.6 Å². The van der Waals surface area contributed by atoms with Crippen molar-refractivity contribution in [3.05, 3.63) is 59.3 Å². The highest BCUT2D eigenvalue weighted by molar-refractivity contribution is 5.90. The zero-order chi connectivity index (χ0) is 20.8. The second-order valence-electron chi connectivity index (χ2n) is 6.97. The highest BCUT2D eigenvalue weighted by atomic mass is 19.2. The molecular weight excluding hydrogens is 380 g/mol. The second kappa shape index (κ2) is 9.42. The number of carbonyl (C=O) groups is 2. The van der Waals surface area contributed by atoms with Crippen LogP contribution in [-0.4, -0.2) is 35.4 Å². The summed E-state index contributed by atoms with van der Waals surface area (Å²) >= 11 is 0. The Morgan fingerprint density at radius 3 is 2.66 bits per heavy atom. The maximum Gasteiger partial charge on any atom is 0.243 e. The van der Waals surface area contributed by atoms with Crippen LogP contribution in [0.1, 0.15) is 24.0 Å². The van der Waals surface area contributed by atoms with Crippen LogP contribution in [0.25, 0.3) is 0 Å². The number of nitrogen functional groups attached to an aromatic ring is 1. The summed E-state index contributed by atoms with van der Waals surface area (Å²) in [5.41, 5.74) is 6.68. The van der Waals surface area contributed by atoms with Gasteiger partial charge < -0.3 is 21.7 Å². The molecule has 1 aromatic carbocycles. The molecule has 0 unspecified atom stereocenters. The van der Waals surface area contributed by atoms with E-state index in [-0.39, 0.29) is 24.9 Å². The molecule has 0 aliphatic carbocycles. The molecule has 2 atom stereocenters. The van der Waals surface area contributed by atoms with E-state index in [4.69, 9.17) is 5.73 Å². The van der Waals surface area contributed by atoms with E-state index in [1.807, 2.05) is 0 Å². The largest absolute Gasteiger partial charge is 0.384 e. The Labute approximate surface area is 167 Å². The van der Waals surface area contributed by atoms with Crippen molar-refractivity contribution in [3.63, 3.8) is 0 Å². The second-order valence-corrected chi connectivity index (χ2v) is 6.97. The molecule has 2 heterocycles. The number of nitrogens with zero attached hydrogens (tertiary/aromatic N) is 1. The average Bonchev–Trinajstić information content (AvgIpc) is 3.24. The first kappa shape index (κ1) is 20.7. The summed E-state index contributed by atoms with van der Waals surface area (Å²) in [6, 6.07) is 5.47. The van der Waals surface area contributed by atoms with E-state index in [1.54, 1.807) is 18.3 Å². The molecule has 0 radical (unpaired) electrons. The van der Waals surface area contributed by atoms with Gasteiger partial charge in [0, 0.05) is 19.2 Å². The molecular formula is C20H23F2N5O2. The van der Waals surface area contributed by atoms with Crippen LogP contribution in [0, 0.1) is 11.6 Å². The Balaban J connectivity index is 1.69. The van der Waals surface area contributed by atoms with E-state index in [9.17, 15) is 18.4 Å². The van der Waals surface area contributed by atoms with Gasteiger partial charge in [-0.15, -0.1) is 0 Å². The van der Waals surface area contributed by atoms with E-state index in [0.717, 1.165) is 30.7 Å². The topological polar surface area (TPSA) is 109 Å². The minimum Gasteiger partial charge on any atom is -0.384 e.